The zero-order valence-corrected chi connectivity index (χ0v) is 10.3. The van der Waals surface area contributed by atoms with Crippen molar-refractivity contribution in [2.45, 2.75) is 25.9 Å². The fourth-order valence-electron chi connectivity index (χ4n) is 2.31. The van der Waals surface area contributed by atoms with Crippen LogP contribution in [0.15, 0.2) is 18.2 Å². The van der Waals surface area contributed by atoms with Crippen molar-refractivity contribution in [1.29, 1.82) is 5.41 Å². The maximum Gasteiger partial charge on any atom is 0.123 e. The second-order valence-electron chi connectivity index (χ2n) is 5.08. The summed E-state index contributed by atoms with van der Waals surface area (Å²) in [5.41, 5.74) is 7.77. The van der Waals surface area contributed by atoms with Crippen molar-refractivity contribution < 1.29 is 5.11 Å². The number of β-amino-alcohol motifs (C(OH)–C–C–N with tert-alkyl or cyclic N) is 1. The van der Waals surface area contributed by atoms with E-state index in [1.54, 1.807) is 0 Å². The number of nitrogens with one attached hydrogen (secondary N) is 1. The Hall–Kier alpha value is -1.55. The van der Waals surface area contributed by atoms with Crippen LogP contribution in [0.5, 0.6) is 0 Å². The number of anilines is 1. The Bertz CT molecular complexity index is 454. The zero-order valence-electron chi connectivity index (χ0n) is 10.3. The Morgan fingerprint density at radius 1 is 1.53 bits per heavy atom. The predicted molar refractivity (Wildman–Crippen MR) is 69.6 cm³/mol. The lowest BCUT2D eigenvalue weighted by Gasteiger charge is -2.21. The quantitative estimate of drug-likeness (QED) is 0.531. The fraction of sp³-hybridized carbons (Fsp3) is 0.462. The number of aliphatic hydroxyl groups is 1. The molecule has 1 saturated heterocycles. The molecule has 0 aromatic heterocycles. The van der Waals surface area contributed by atoms with Crippen LogP contribution in [0.3, 0.4) is 0 Å². The SMILES string of the molecule is Cc1cc(N2CCC(C)(O)C2)ccc1C(=N)N. The third-order valence-electron chi connectivity index (χ3n) is 3.32. The van der Waals surface area contributed by atoms with Crippen molar-refractivity contribution in [2.75, 3.05) is 18.0 Å². The predicted octanol–water partition coefficient (Wildman–Crippen LogP) is 1.24. The number of benzene rings is 1. The van der Waals surface area contributed by atoms with Gasteiger partial charge in [-0.2, -0.15) is 0 Å². The van der Waals surface area contributed by atoms with Gasteiger partial charge in [-0.15, -0.1) is 0 Å². The number of hydrogen-bond acceptors (Lipinski definition) is 3. The Kier molecular flexibility index (Phi) is 2.83. The molecule has 4 heteroatoms. The van der Waals surface area contributed by atoms with Crippen molar-refractivity contribution >= 4 is 11.5 Å². The first-order valence-corrected chi connectivity index (χ1v) is 5.81. The number of hydrogen-bond donors (Lipinski definition) is 3. The van der Waals surface area contributed by atoms with Crippen molar-refractivity contribution in [2.24, 2.45) is 5.73 Å². The number of aryl methyl sites for hydroxylation is 1. The Morgan fingerprint density at radius 2 is 2.24 bits per heavy atom. The van der Waals surface area contributed by atoms with E-state index in [0.29, 0.717) is 6.54 Å². The molecule has 1 aromatic rings. The fourth-order valence-corrected chi connectivity index (χ4v) is 2.31. The van der Waals surface area contributed by atoms with Crippen molar-refractivity contribution in [3.63, 3.8) is 0 Å². The van der Waals surface area contributed by atoms with E-state index < -0.39 is 5.60 Å². The zero-order chi connectivity index (χ0) is 12.6. The first-order chi connectivity index (χ1) is 7.89. The van der Waals surface area contributed by atoms with Crippen molar-refractivity contribution in [3.8, 4) is 0 Å². The first-order valence-electron chi connectivity index (χ1n) is 5.81. The molecule has 1 aliphatic heterocycles. The van der Waals surface area contributed by atoms with Gasteiger partial charge < -0.3 is 15.7 Å². The van der Waals surface area contributed by atoms with Gasteiger partial charge in [-0.25, -0.2) is 0 Å². The molecule has 0 saturated carbocycles. The van der Waals surface area contributed by atoms with E-state index in [9.17, 15) is 5.11 Å². The lowest BCUT2D eigenvalue weighted by atomic mass is 10.1. The summed E-state index contributed by atoms with van der Waals surface area (Å²) in [6, 6.07) is 5.86. The van der Waals surface area contributed by atoms with E-state index in [4.69, 9.17) is 11.1 Å². The molecular formula is C13H19N3O. The number of rotatable bonds is 2. The summed E-state index contributed by atoms with van der Waals surface area (Å²) in [5.74, 6) is 0.0995. The number of nitrogens with zero attached hydrogens (tertiary/aromatic N) is 1. The maximum atomic E-state index is 9.94. The largest absolute Gasteiger partial charge is 0.388 e. The van der Waals surface area contributed by atoms with Crippen LogP contribution in [-0.2, 0) is 0 Å². The summed E-state index contributed by atoms with van der Waals surface area (Å²) in [6.07, 6.45) is 0.792. The van der Waals surface area contributed by atoms with Gasteiger partial charge in [-0.3, -0.25) is 5.41 Å². The van der Waals surface area contributed by atoms with E-state index in [1.165, 1.54) is 0 Å². The Labute approximate surface area is 102 Å². The smallest absolute Gasteiger partial charge is 0.123 e. The summed E-state index contributed by atoms with van der Waals surface area (Å²) in [7, 11) is 0. The number of nitrogen functional groups attached to an aromatic ring is 1. The summed E-state index contributed by atoms with van der Waals surface area (Å²) in [4.78, 5) is 2.16. The standard InChI is InChI=1S/C13H19N3O/c1-9-7-10(3-4-11(9)12(14)15)16-6-5-13(2,17)8-16/h3-4,7,17H,5-6,8H2,1-2H3,(H3,14,15). The van der Waals surface area contributed by atoms with Gasteiger partial charge in [0.1, 0.15) is 5.84 Å². The molecule has 4 nitrogen and oxygen atoms in total. The van der Waals surface area contributed by atoms with Crippen LogP contribution < -0.4 is 10.6 Å². The minimum atomic E-state index is -0.590. The molecular weight excluding hydrogens is 214 g/mol. The molecule has 2 rings (SSSR count). The number of amidine groups is 1. The Balaban J connectivity index is 2.24. The molecule has 0 aliphatic carbocycles. The minimum Gasteiger partial charge on any atom is -0.388 e. The monoisotopic (exact) mass is 233 g/mol. The third-order valence-corrected chi connectivity index (χ3v) is 3.32. The van der Waals surface area contributed by atoms with Gasteiger partial charge in [0.2, 0.25) is 0 Å². The Morgan fingerprint density at radius 3 is 2.71 bits per heavy atom. The molecule has 0 amide bonds. The van der Waals surface area contributed by atoms with Crippen LogP contribution in [0.2, 0.25) is 0 Å². The summed E-state index contributed by atoms with van der Waals surface area (Å²) in [5, 5.41) is 17.4. The molecule has 1 aromatic carbocycles. The third kappa shape index (κ3) is 2.42. The van der Waals surface area contributed by atoms with Gasteiger partial charge in [-0.1, -0.05) is 0 Å². The first kappa shape index (κ1) is 11.9. The van der Waals surface area contributed by atoms with E-state index in [0.717, 1.165) is 29.8 Å². The minimum absolute atomic E-state index is 0.0995. The molecule has 0 bridgehead atoms. The highest BCUT2D eigenvalue weighted by Crippen LogP contribution is 2.27. The number of nitrogens with two attached hydrogens (primary N) is 1. The molecule has 0 spiro atoms. The van der Waals surface area contributed by atoms with E-state index in [2.05, 4.69) is 4.90 Å². The molecule has 17 heavy (non-hydrogen) atoms. The highest BCUT2D eigenvalue weighted by atomic mass is 16.3. The van der Waals surface area contributed by atoms with Crippen LogP contribution in [0.4, 0.5) is 5.69 Å². The summed E-state index contributed by atoms with van der Waals surface area (Å²) in [6.45, 7) is 5.34. The highest BCUT2D eigenvalue weighted by molar-refractivity contribution is 5.96. The second-order valence-corrected chi connectivity index (χ2v) is 5.08. The van der Waals surface area contributed by atoms with Gasteiger partial charge in [0.25, 0.3) is 0 Å². The topological polar surface area (TPSA) is 73.3 Å². The van der Waals surface area contributed by atoms with E-state index >= 15 is 0 Å². The summed E-state index contributed by atoms with van der Waals surface area (Å²) >= 11 is 0. The van der Waals surface area contributed by atoms with Gasteiger partial charge in [0.15, 0.2) is 0 Å². The highest BCUT2D eigenvalue weighted by Gasteiger charge is 2.31. The lowest BCUT2D eigenvalue weighted by molar-refractivity contribution is 0.0839. The van der Waals surface area contributed by atoms with Crippen LogP contribution in [0.25, 0.3) is 0 Å². The molecule has 1 unspecified atom stereocenters. The molecule has 1 atom stereocenters. The molecule has 1 heterocycles. The van der Waals surface area contributed by atoms with Crippen LogP contribution in [-0.4, -0.2) is 29.6 Å². The van der Waals surface area contributed by atoms with Gasteiger partial charge in [0, 0.05) is 24.3 Å². The van der Waals surface area contributed by atoms with Crippen LogP contribution in [0, 0.1) is 12.3 Å². The van der Waals surface area contributed by atoms with Crippen LogP contribution >= 0.6 is 0 Å². The van der Waals surface area contributed by atoms with Crippen molar-refractivity contribution in [3.05, 3.63) is 29.3 Å². The molecule has 4 N–H and O–H groups in total. The maximum absolute atomic E-state index is 9.94. The average Bonchev–Trinajstić information content (AvgIpc) is 2.58. The average molecular weight is 233 g/mol. The van der Waals surface area contributed by atoms with Crippen molar-refractivity contribution in [1.82, 2.24) is 0 Å². The van der Waals surface area contributed by atoms with E-state index in [-0.39, 0.29) is 5.84 Å². The molecule has 92 valence electrons. The van der Waals surface area contributed by atoms with Gasteiger partial charge >= 0.3 is 0 Å². The molecule has 1 aliphatic rings. The molecule has 1 fully saturated rings. The summed E-state index contributed by atoms with van der Waals surface area (Å²) < 4.78 is 0. The second kappa shape index (κ2) is 4.04. The normalized spacial score (nSPS) is 24.1. The lowest BCUT2D eigenvalue weighted by Crippen LogP contribution is -2.29. The molecule has 0 radical (unpaired) electrons. The van der Waals surface area contributed by atoms with Gasteiger partial charge in [0.05, 0.1) is 5.60 Å². The van der Waals surface area contributed by atoms with Gasteiger partial charge in [-0.05, 0) is 44.0 Å². The van der Waals surface area contributed by atoms with E-state index in [1.807, 2.05) is 32.0 Å². The van der Waals surface area contributed by atoms with Crippen LogP contribution in [0.1, 0.15) is 24.5 Å².